The number of nitrogens with zero attached hydrogens (tertiary/aromatic N) is 6. The summed E-state index contributed by atoms with van der Waals surface area (Å²) in [6.07, 6.45) is 2.26. The fourth-order valence-corrected chi connectivity index (χ4v) is 6.28. The number of anilines is 1. The Bertz CT molecular complexity index is 1300. The van der Waals surface area contributed by atoms with E-state index in [-0.39, 0.29) is 24.4 Å². The van der Waals surface area contributed by atoms with E-state index >= 15 is 0 Å². The normalized spacial score (nSPS) is 26.0. The number of likely N-dealkylation sites (tertiary alicyclic amines) is 1. The predicted octanol–water partition coefficient (Wildman–Crippen LogP) is 3.79. The Labute approximate surface area is 219 Å². The fourth-order valence-electron chi connectivity index (χ4n) is 5.72. The Balaban J connectivity index is 1.40. The molecule has 5 atom stereocenters. The number of aryl methyl sites for hydroxylation is 1. The monoisotopic (exact) mass is 532 g/mol. The van der Waals surface area contributed by atoms with E-state index in [1.807, 2.05) is 35.6 Å². The number of piperidine rings is 1. The largest absolute Gasteiger partial charge is 0.480 e. The molecule has 2 saturated heterocycles. The van der Waals surface area contributed by atoms with Gasteiger partial charge in [-0.05, 0) is 43.9 Å². The summed E-state index contributed by atoms with van der Waals surface area (Å²) in [5, 5.41) is 25.6. The first-order valence-electron chi connectivity index (χ1n) is 12.2. The topological polar surface area (TPSA) is 108 Å². The Hall–Kier alpha value is -2.46. The maximum absolute atomic E-state index is 11.7. The zero-order valence-electron chi connectivity index (χ0n) is 20.5. The molecule has 0 amide bonds. The molecule has 0 bridgehead atoms. The lowest BCUT2D eigenvalue weighted by Gasteiger charge is -2.42. The zero-order valence-corrected chi connectivity index (χ0v) is 22.0. The molecule has 4 heterocycles. The Kier molecular flexibility index (Phi) is 6.84. The minimum atomic E-state index is -0.865. The third kappa shape index (κ3) is 4.53. The van der Waals surface area contributed by atoms with Gasteiger partial charge in [0.2, 0.25) is 0 Å². The van der Waals surface area contributed by atoms with Crippen molar-refractivity contribution in [2.75, 3.05) is 24.5 Å². The molecule has 2 aromatic heterocycles. The zero-order chi connectivity index (χ0) is 25.7. The van der Waals surface area contributed by atoms with Gasteiger partial charge in [0.1, 0.15) is 17.4 Å². The van der Waals surface area contributed by atoms with Crippen molar-refractivity contribution in [3.05, 3.63) is 45.7 Å². The van der Waals surface area contributed by atoms with Crippen molar-refractivity contribution in [1.82, 2.24) is 24.6 Å². The van der Waals surface area contributed by atoms with Crippen LogP contribution >= 0.6 is 23.2 Å². The van der Waals surface area contributed by atoms with Crippen molar-refractivity contribution >= 4 is 46.2 Å². The molecule has 5 rings (SSSR count). The first kappa shape index (κ1) is 25.2. The molecular formula is C25H30Cl2N6O3. The standard InChI is InChI=1S/C25H30Cl2N6O3/c1-13-11-31(7-6-20(13)32-12-17(34)9-21(32)25(35)36)22-10-28-23-14(2)30-33(24(23)29-22)15(3)18-5-4-16(26)8-19(18)27/h4-5,8,10,13,15,17,20-21,34H,6-7,9,11-12H2,1-3H3,(H,35,36)/t13-,15?,17-,20+,21+/m1/s1. The van der Waals surface area contributed by atoms with Crippen LogP contribution in [0.3, 0.4) is 0 Å². The second kappa shape index (κ2) is 9.78. The predicted molar refractivity (Wildman–Crippen MR) is 139 cm³/mol. The number of β-amino-alcohol motifs (C(OH)–C–C–N with tert-alkyl or cyclic N) is 1. The molecule has 2 aliphatic heterocycles. The third-order valence-electron chi connectivity index (χ3n) is 7.55. The number of aromatic nitrogens is 4. The second-order valence-corrected chi connectivity index (χ2v) is 10.8. The van der Waals surface area contributed by atoms with Crippen LogP contribution in [-0.2, 0) is 4.79 Å². The van der Waals surface area contributed by atoms with Crippen molar-refractivity contribution in [2.45, 2.75) is 57.8 Å². The number of fused-ring (bicyclic) bond motifs is 1. The molecule has 11 heteroatoms. The van der Waals surface area contributed by atoms with Crippen LogP contribution in [0.25, 0.3) is 11.2 Å². The van der Waals surface area contributed by atoms with Crippen molar-refractivity contribution in [3.8, 4) is 0 Å². The van der Waals surface area contributed by atoms with Gasteiger partial charge < -0.3 is 15.1 Å². The molecule has 2 aliphatic rings. The average Bonchev–Trinajstić information content (AvgIpc) is 3.38. The molecule has 2 N–H and O–H groups in total. The highest BCUT2D eigenvalue weighted by atomic mass is 35.5. The summed E-state index contributed by atoms with van der Waals surface area (Å²) in [7, 11) is 0. The third-order valence-corrected chi connectivity index (χ3v) is 8.11. The summed E-state index contributed by atoms with van der Waals surface area (Å²) in [5.74, 6) is 0.0949. The molecule has 9 nitrogen and oxygen atoms in total. The quantitative estimate of drug-likeness (QED) is 0.510. The molecule has 0 saturated carbocycles. The molecule has 36 heavy (non-hydrogen) atoms. The maximum atomic E-state index is 11.7. The maximum Gasteiger partial charge on any atom is 0.321 e. The average molecular weight is 533 g/mol. The number of benzene rings is 1. The van der Waals surface area contributed by atoms with E-state index < -0.39 is 18.1 Å². The fraction of sp³-hybridized carbons (Fsp3) is 0.520. The van der Waals surface area contributed by atoms with Crippen LogP contribution in [-0.4, -0.2) is 78.7 Å². The van der Waals surface area contributed by atoms with Gasteiger partial charge in [-0.15, -0.1) is 0 Å². The van der Waals surface area contributed by atoms with Gasteiger partial charge in [-0.2, -0.15) is 5.10 Å². The first-order valence-corrected chi connectivity index (χ1v) is 13.0. The summed E-state index contributed by atoms with van der Waals surface area (Å²) < 4.78 is 1.86. The van der Waals surface area contributed by atoms with Crippen molar-refractivity contribution in [1.29, 1.82) is 0 Å². The van der Waals surface area contributed by atoms with Gasteiger partial charge in [-0.1, -0.05) is 36.2 Å². The summed E-state index contributed by atoms with van der Waals surface area (Å²) in [4.78, 5) is 25.6. The molecular weight excluding hydrogens is 503 g/mol. The van der Waals surface area contributed by atoms with Crippen LogP contribution in [0.5, 0.6) is 0 Å². The van der Waals surface area contributed by atoms with E-state index in [2.05, 4.69) is 11.8 Å². The van der Waals surface area contributed by atoms with Crippen molar-refractivity contribution in [3.63, 3.8) is 0 Å². The number of carbonyl (C=O) groups is 1. The van der Waals surface area contributed by atoms with E-state index in [9.17, 15) is 15.0 Å². The van der Waals surface area contributed by atoms with E-state index in [0.717, 1.165) is 42.1 Å². The van der Waals surface area contributed by atoms with Gasteiger partial charge in [0.15, 0.2) is 5.65 Å². The highest BCUT2D eigenvalue weighted by Crippen LogP contribution is 2.33. The highest BCUT2D eigenvalue weighted by Gasteiger charge is 2.43. The van der Waals surface area contributed by atoms with Gasteiger partial charge in [0.25, 0.3) is 0 Å². The van der Waals surface area contributed by atoms with Crippen LogP contribution in [0, 0.1) is 12.8 Å². The number of hydrogen-bond donors (Lipinski definition) is 2. The van der Waals surface area contributed by atoms with Crippen molar-refractivity contribution in [2.24, 2.45) is 5.92 Å². The number of aliphatic hydroxyl groups excluding tert-OH is 1. The first-order chi connectivity index (χ1) is 17.1. The summed E-state index contributed by atoms with van der Waals surface area (Å²) in [5.41, 5.74) is 3.12. The Morgan fingerprint density at radius 2 is 2.03 bits per heavy atom. The lowest BCUT2D eigenvalue weighted by Crippen LogP contribution is -2.53. The van der Waals surface area contributed by atoms with Gasteiger partial charge in [0.05, 0.1) is 24.0 Å². The van der Waals surface area contributed by atoms with Crippen LogP contribution < -0.4 is 4.90 Å². The molecule has 0 aliphatic carbocycles. The highest BCUT2D eigenvalue weighted by molar-refractivity contribution is 6.35. The smallest absolute Gasteiger partial charge is 0.321 e. The lowest BCUT2D eigenvalue weighted by molar-refractivity contribution is -0.143. The minimum Gasteiger partial charge on any atom is -0.480 e. The molecule has 0 radical (unpaired) electrons. The van der Waals surface area contributed by atoms with Crippen molar-refractivity contribution < 1.29 is 15.0 Å². The molecule has 1 aromatic carbocycles. The second-order valence-electron chi connectivity index (χ2n) is 9.99. The molecule has 3 aromatic rings. The van der Waals surface area contributed by atoms with Gasteiger partial charge >= 0.3 is 5.97 Å². The SMILES string of the molecule is Cc1nn(C(C)c2ccc(Cl)cc2Cl)c2nc(N3CC[C@H](N4C[C@H](O)C[C@H]4C(=O)O)[C@H](C)C3)cnc12. The number of carboxylic acids is 1. The van der Waals surface area contributed by atoms with Crippen LogP contribution in [0.4, 0.5) is 5.82 Å². The summed E-state index contributed by atoms with van der Waals surface area (Å²) in [6.45, 7) is 7.91. The van der Waals surface area contributed by atoms with Gasteiger partial charge in [0, 0.05) is 42.1 Å². The Morgan fingerprint density at radius 1 is 1.25 bits per heavy atom. The van der Waals surface area contributed by atoms with E-state index in [1.165, 1.54) is 0 Å². The number of aliphatic hydroxyl groups is 1. The molecule has 2 fully saturated rings. The summed E-state index contributed by atoms with van der Waals surface area (Å²) in [6, 6.07) is 4.74. The number of carboxylic acid groups (broad SMARTS) is 1. The van der Waals surface area contributed by atoms with Crippen LogP contribution in [0.2, 0.25) is 10.0 Å². The van der Waals surface area contributed by atoms with Gasteiger partial charge in [-0.25, -0.2) is 14.6 Å². The number of rotatable bonds is 5. The summed E-state index contributed by atoms with van der Waals surface area (Å²) >= 11 is 12.6. The molecule has 1 unspecified atom stereocenters. The number of halogens is 2. The van der Waals surface area contributed by atoms with E-state index in [0.29, 0.717) is 22.2 Å². The van der Waals surface area contributed by atoms with Crippen LogP contribution in [0.1, 0.15) is 44.0 Å². The van der Waals surface area contributed by atoms with Crippen LogP contribution in [0.15, 0.2) is 24.4 Å². The number of hydrogen-bond acceptors (Lipinski definition) is 7. The van der Waals surface area contributed by atoms with E-state index in [4.69, 9.17) is 38.3 Å². The minimum absolute atomic E-state index is 0.0935. The number of aliphatic carboxylic acids is 1. The molecule has 0 spiro atoms. The Morgan fingerprint density at radius 3 is 2.72 bits per heavy atom. The van der Waals surface area contributed by atoms with Gasteiger partial charge in [-0.3, -0.25) is 9.69 Å². The lowest BCUT2D eigenvalue weighted by atomic mass is 9.91. The molecule has 192 valence electrons. The van der Waals surface area contributed by atoms with E-state index in [1.54, 1.807) is 12.3 Å².